The zero-order valence-electron chi connectivity index (χ0n) is 9.00. The summed E-state index contributed by atoms with van der Waals surface area (Å²) in [5.74, 6) is 0.963. The van der Waals surface area contributed by atoms with Crippen molar-refractivity contribution in [2.75, 3.05) is 0 Å². The number of nitrogens with zero attached hydrogens (tertiary/aromatic N) is 4. The van der Waals surface area contributed by atoms with Crippen molar-refractivity contribution in [1.82, 2.24) is 20.3 Å². The molecule has 0 radical (unpaired) electrons. The van der Waals surface area contributed by atoms with E-state index in [4.69, 9.17) is 10.3 Å². The zero-order chi connectivity index (χ0) is 11.4. The highest BCUT2D eigenvalue weighted by atomic mass is 16.5. The second-order valence-corrected chi connectivity index (χ2v) is 3.48. The van der Waals surface area contributed by atoms with E-state index in [0.717, 1.165) is 18.4 Å². The highest BCUT2D eigenvalue weighted by Crippen LogP contribution is 2.18. The molecule has 0 spiro atoms. The van der Waals surface area contributed by atoms with Crippen LogP contribution in [0.25, 0.3) is 11.5 Å². The van der Waals surface area contributed by atoms with Gasteiger partial charge in [0.25, 0.3) is 5.89 Å². The summed E-state index contributed by atoms with van der Waals surface area (Å²) in [5.41, 5.74) is 6.63. The Bertz CT molecular complexity index is 441. The summed E-state index contributed by atoms with van der Waals surface area (Å²) in [5, 5.41) is 11.3. The maximum Gasteiger partial charge on any atom is 0.259 e. The van der Waals surface area contributed by atoms with Crippen molar-refractivity contribution in [3.8, 4) is 11.5 Å². The largest absolute Gasteiger partial charge is 0.334 e. The van der Waals surface area contributed by atoms with Crippen molar-refractivity contribution in [1.29, 1.82) is 0 Å². The van der Waals surface area contributed by atoms with Crippen LogP contribution in [-0.4, -0.2) is 20.3 Å². The molecule has 0 amide bonds. The maximum absolute atomic E-state index is 5.88. The molecule has 6 nitrogen and oxygen atoms in total. The fourth-order valence-corrected chi connectivity index (χ4v) is 1.36. The lowest BCUT2D eigenvalue weighted by Crippen LogP contribution is -2.11. The summed E-state index contributed by atoms with van der Waals surface area (Å²) in [7, 11) is 0. The first-order valence-electron chi connectivity index (χ1n) is 5.17. The maximum atomic E-state index is 5.88. The molecule has 0 aliphatic rings. The molecule has 0 aliphatic carbocycles. The fraction of sp³-hybridized carbons (Fsp3) is 0.400. The fourth-order valence-electron chi connectivity index (χ4n) is 1.36. The van der Waals surface area contributed by atoms with E-state index in [1.165, 1.54) is 0 Å². The minimum Gasteiger partial charge on any atom is -0.334 e. The van der Waals surface area contributed by atoms with Gasteiger partial charge >= 0.3 is 0 Å². The molecule has 0 aliphatic heterocycles. The van der Waals surface area contributed by atoms with E-state index in [1.54, 1.807) is 18.5 Å². The van der Waals surface area contributed by atoms with E-state index in [0.29, 0.717) is 11.7 Å². The highest BCUT2D eigenvalue weighted by Gasteiger charge is 2.14. The molecule has 2 heterocycles. The number of nitrogens with two attached hydrogens (primary N) is 1. The third-order valence-electron chi connectivity index (χ3n) is 2.20. The molecule has 1 atom stereocenters. The van der Waals surface area contributed by atoms with Crippen LogP contribution in [0.5, 0.6) is 0 Å². The molecule has 2 aromatic rings. The third-order valence-corrected chi connectivity index (χ3v) is 2.20. The predicted octanol–water partition coefficient (Wildman–Crippen LogP) is 1.33. The van der Waals surface area contributed by atoms with Crippen LogP contribution in [0.4, 0.5) is 0 Å². The summed E-state index contributed by atoms with van der Waals surface area (Å²) >= 11 is 0. The van der Waals surface area contributed by atoms with Gasteiger partial charge in [0.05, 0.1) is 24.0 Å². The molecule has 0 saturated heterocycles. The minimum atomic E-state index is -0.169. The Labute approximate surface area is 92.9 Å². The third kappa shape index (κ3) is 2.22. The Hall–Kier alpha value is -1.82. The van der Waals surface area contributed by atoms with Gasteiger partial charge in [-0.1, -0.05) is 18.5 Å². The number of rotatable bonds is 4. The lowest BCUT2D eigenvalue weighted by molar-refractivity contribution is 0.413. The topological polar surface area (TPSA) is 90.7 Å². The van der Waals surface area contributed by atoms with Gasteiger partial charge < -0.3 is 10.3 Å². The first kappa shape index (κ1) is 10.7. The van der Waals surface area contributed by atoms with Crippen molar-refractivity contribution in [2.45, 2.75) is 25.8 Å². The van der Waals surface area contributed by atoms with E-state index < -0.39 is 0 Å². The Morgan fingerprint density at radius 3 is 3.00 bits per heavy atom. The molecule has 84 valence electrons. The summed E-state index contributed by atoms with van der Waals surface area (Å²) in [4.78, 5) is 4.23. The lowest BCUT2D eigenvalue weighted by atomic mass is 10.2. The summed E-state index contributed by atoms with van der Waals surface area (Å²) in [6.07, 6.45) is 4.98. The van der Waals surface area contributed by atoms with Crippen molar-refractivity contribution in [3.63, 3.8) is 0 Å². The number of hydrogen-bond donors (Lipinski definition) is 1. The predicted molar refractivity (Wildman–Crippen MR) is 57.2 cm³/mol. The molecule has 0 bridgehead atoms. The Morgan fingerprint density at radius 1 is 1.44 bits per heavy atom. The Balaban J connectivity index is 2.20. The van der Waals surface area contributed by atoms with E-state index in [1.807, 2.05) is 0 Å². The van der Waals surface area contributed by atoms with Crippen molar-refractivity contribution in [3.05, 3.63) is 24.3 Å². The zero-order valence-corrected chi connectivity index (χ0v) is 9.00. The van der Waals surface area contributed by atoms with Crippen LogP contribution in [0, 0.1) is 0 Å². The first-order valence-corrected chi connectivity index (χ1v) is 5.17. The molecule has 2 N–H and O–H groups in total. The van der Waals surface area contributed by atoms with Crippen molar-refractivity contribution in [2.24, 2.45) is 5.73 Å². The molecule has 0 fully saturated rings. The van der Waals surface area contributed by atoms with Crippen LogP contribution < -0.4 is 5.73 Å². The van der Waals surface area contributed by atoms with Gasteiger partial charge in [-0.15, -0.1) is 0 Å². The van der Waals surface area contributed by atoms with Crippen molar-refractivity contribution < 1.29 is 4.52 Å². The van der Waals surface area contributed by atoms with Gasteiger partial charge in [0.2, 0.25) is 0 Å². The molecule has 2 aromatic heterocycles. The average Bonchev–Trinajstić information content (AvgIpc) is 2.80. The molecular formula is C10H13N5O. The standard InChI is InChI=1S/C10H13N5O/c1-2-3-8(11)9-14-10(16-15-9)7-4-5-12-13-6-7/h4-6,8H,2-3,11H2,1H3. The van der Waals surface area contributed by atoms with Crippen LogP contribution in [0.1, 0.15) is 31.6 Å². The molecule has 2 rings (SSSR count). The minimum absolute atomic E-state index is 0.169. The van der Waals surface area contributed by atoms with Crippen LogP contribution in [0.3, 0.4) is 0 Å². The lowest BCUT2D eigenvalue weighted by Gasteiger charge is -2.02. The van der Waals surface area contributed by atoms with Crippen LogP contribution >= 0.6 is 0 Å². The monoisotopic (exact) mass is 219 g/mol. The Kier molecular flexibility index (Phi) is 3.21. The van der Waals surface area contributed by atoms with E-state index in [2.05, 4.69) is 27.3 Å². The van der Waals surface area contributed by atoms with Gasteiger partial charge in [0.15, 0.2) is 5.82 Å². The Morgan fingerprint density at radius 2 is 2.31 bits per heavy atom. The molecule has 16 heavy (non-hydrogen) atoms. The van der Waals surface area contributed by atoms with E-state index >= 15 is 0 Å². The molecular weight excluding hydrogens is 206 g/mol. The second-order valence-electron chi connectivity index (χ2n) is 3.48. The van der Waals surface area contributed by atoms with Gasteiger partial charge in [0.1, 0.15) is 0 Å². The molecule has 1 unspecified atom stereocenters. The molecule has 6 heteroatoms. The highest BCUT2D eigenvalue weighted by molar-refractivity contribution is 5.49. The summed E-state index contributed by atoms with van der Waals surface area (Å²) in [6.45, 7) is 2.06. The average molecular weight is 219 g/mol. The van der Waals surface area contributed by atoms with Gasteiger partial charge in [0, 0.05) is 0 Å². The normalized spacial score (nSPS) is 12.6. The van der Waals surface area contributed by atoms with Gasteiger partial charge in [-0.25, -0.2) is 0 Å². The molecule has 0 aromatic carbocycles. The molecule has 0 saturated carbocycles. The SMILES string of the molecule is CCCC(N)c1noc(-c2ccnnc2)n1. The van der Waals surface area contributed by atoms with Crippen LogP contribution in [-0.2, 0) is 0 Å². The van der Waals surface area contributed by atoms with Crippen LogP contribution in [0.2, 0.25) is 0 Å². The summed E-state index contributed by atoms with van der Waals surface area (Å²) < 4.78 is 5.11. The number of hydrogen-bond acceptors (Lipinski definition) is 6. The van der Waals surface area contributed by atoms with E-state index in [-0.39, 0.29) is 6.04 Å². The number of aromatic nitrogens is 4. The smallest absolute Gasteiger partial charge is 0.259 e. The van der Waals surface area contributed by atoms with Crippen molar-refractivity contribution >= 4 is 0 Å². The van der Waals surface area contributed by atoms with E-state index in [9.17, 15) is 0 Å². The van der Waals surface area contributed by atoms with Gasteiger partial charge in [-0.3, -0.25) is 0 Å². The van der Waals surface area contributed by atoms with Crippen LogP contribution in [0.15, 0.2) is 23.0 Å². The summed E-state index contributed by atoms with van der Waals surface area (Å²) in [6, 6.07) is 1.59. The second kappa shape index (κ2) is 4.80. The van der Waals surface area contributed by atoms with Gasteiger partial charge in [-0.05, 0) is 12.5 Å². The quantitative estimate of drug-likeness (QED) is 0.834. The van der Waals surface area contributed by atoms with Gasteiger partial charge in [-0.2, -0.15) is 15.2 Å². The first-order chi connectivity index (χ1) is 7.81.